The molecule has 0 aliphatic rings. The van der Waals surface area contributed by atoms with Crippen LogP contribution in [-0.2, 0) is 32.2 Å². The van der Waals surface area contributed by atoms with E-state index in [1.165, 1.54) is 0 Å². The summed E-state index contributed by atoms with van der Waals surface area (Å²) < 4.78 is 34.1. The molecule has 2 unspecified atom stereocenters. The third kappa shape index (κ3) is 14.3. The molecule has 4 aromatic rings. The van der Waals surface area contributed by atoms with Gasteiger partial charge in [0, 0.05) is 23.1 Å². The van der Waals surface area contributed by atoms with Crippen molar-refractivity contribution < 1.29 is 38.0 Å². The van der Waals surface area contributed by atoms with E-state index in [0.29, 0.717) is 95.8 Å². The zero-order valence-corrected chi connectivity index (χ0v) is 31.7. The summed E-state index contributed by atoms with van der Waals surface area (Å²) in [5, 5.41) is 7.34. The fourth-order valence-corrected chi connectivity index (χ4v) is 5.45. The van der Waals surface area contributed by atoms with Crippen molar-refractivity contribution in [3.63, 3.8) is 0 Å². The van der Waals surface area contributed by atoms with E-state index in [9.17, 15) is 9.59 Å². The lowest BCUT2D eigenvalue weighted by molar-refractivity contribution is -0.128. The van der Waals surface area contributed by atoms with Gasteiger partial charge in [-0.3, -0.25) is 9.59 Å². The highest BCUT2D eigenvalue weighted by molar-refractivity contribution is 6.36. The molecule has 0 aromatic heterocycles. The third-order valence-electron chi connectivity index (χ3n) is 7.23. The number of carbonyl (C=O) groups excluding carboxylic acids is 2. The largest absolute Gasteiger partial charge is 0.491 e. The van der Waals surface area contributed by atoms with Crippen LogP contribution in [-0.4, -0.2) is 63.7 Å². The third-order valence-corrected chi connectivity index (χ3v) is 8.29. The van der Waals surface area contributed by atoms with Crippen LogP contribution in [0.1, 0.15) is 25.0 Å². The van der Waals surface area contributed by atoms with Gasteiger partial charge in [0.15, 0.2) is 12.2 Å². The summed E-state index contributed by atoms with van der Waals surface area (Å²) >= 11 is 24.1. The van der Waals surface area contributed by atoms with Gasteiger partial charge in [-0.1, -0.05) is 70.7 Å². The minimum Gasteiger partial charge on any atom is -0.491 e. The lowest BCUT2D eigenvalue weighted by Gasteiger charge is -2.16. The molecule has 0 radical (unpaired) electrons. The first-order valence-corrected chi connectivity index (χ1v) is 18.0. The number of hydrogen-bond acceptors (Lipinski definition) is 8. The number of halogens is 4. The average molecular weight is 795 g/mol. The predicted molar refractivity (Wildman–Crippen MR) is 202 cm³/mol. The number of ether oxygens (including phenoxy) is 6. The number of nitrogens with one attached hydrogen (secondary N) is 2. The molecule has 10 nitrogen and oxygen atoms in total. The fourth-order valence-electron chi connectivity index (χ4n) is 4.54. The second kappa shape index (κ2) is 21.6. The predicted octanol–water partition coefficient (Wildman–Crippen LogP) is 7.96. The highest BCUT2D eigenvalue weighted by Gasteiger charge is 2.17. The zero-order valence-electron chi connectivity index (χ0n) is 28.7. The van der Waals surface area contributed by atoms with Crippen molar-refractivity contribution in [1.29, 1.82) is 0 Å². The standard InChI is InChI=1S/C38H40Cl4N2O8/c1-25(51-35-11-9-29(39)21-33(35)41)37(45)43-23-27-5-3-7-31(19-27)49-17-15-47-13-14-48-16-18-50-32-8-4-6-28(20-32)24-44-38(46)26(2)52-36-12-10-30(40)22-34(36)42/h3-12,19-22,25-26H,13-18,23-24H2,1-2H3,(H,43,45)(H,44,46). The summed E-state index contributed by atoms with van der Waals surface area (Å²) in [5.41, 5.74) is 1.74. The molecule has 0 heterocycles. The van der Waals surface area contributed by atoms with E-state index >= 15 is 0 Å². The molecule has 4 aromatic carbocycles. The van der Waals surface area contributed by atoms with Gasteiger partial charge >= 0.3 is 0 Å². The summed E-state index contributed by atoms with van der Waals surface area (Å²) in [6, 6.07) is 24.5. The fraction of sp³-hybridized carbons (Fsp3) is 0.316. The van der Waals surface area contributed by atoms with Gasteiger partial charge in [-0.2, -0.15) is 0 Å². The van der Waals surface area contributed by atoms with E-state index in [2.05, 4.69) is 10.6 Å². The van der Waals surface area contributed by atoms with Gasteiger partial charge in [0.1, 0.15) is 36.2 Å². The molecule has 14 heteroatoms. The summed E-state index contributed by atoms with van der Waals surface area (Å²) in [6.45, 7) is 6.16. The van der Waals surface area contributed by atoms with Crippen LogP contribution in [0.2, 0.25) is 20.1 Å². The topological polar surface area (TPSA) is 114 Å². The molecule has 0 saturated heterocycles. The van der Waals surface area contributed by atoms with Crippen molar-refractivity contribution in [1.82, 2.24) is 10.6 Å². The van der Waals surface area contributed by atoms with Crippen molar-refractivity contribution in [3.05, 3.63) is 116 Å². The molecule has 2 atom stereocenters. The van der Waals surface area contributed by atoms with Crippen molar-refractivity contribution in [2.45, 2.75) is 39.1 Å². The molecule has 0 fully saturated rings. The lowest BCUT2D eigenvalue weighted by atomic mass is 10.2. The lowest BCUT2D eigenvalue weighted by Crippen LogP contribution is -2.35. The Morgan fingerprint density at radius 3 is 1.37 bits per heavy atom. The maximum absolute atomic E-state index is 12.5. The molecule has 0 saturated carbocycles. The van der Waals surface area contributed by atoms with Crippen LogP contribution in [0, 0.1) is 0 Å². The maximum atomic E-state index is 12.5. The second-order valence-corrected chi connectivity index (χ2v) is 13.0. The van der Waals surface area contributed by atoms with E-state index in [1.54, 1.807) is 50.2 Å². The summed E-state index contributed by atoms with van der Waals surface area (Å²) in [4.78, 5) is 25.1. The molecule has 4 rings (SSSR count). The first kappa shape index (κ1) is 40.9. The van der Waals surface area contributed by atoms with Gasteiger partial charge in [-0.15, -0.1) is 0 Å². The molecule has 0 bridgehead atoms. The first-order valence-electron chi connectivity index (χ1n) is 16.4. The SMILES string of the molecule is CC(Oc1ccc(Cl)cc1Cl)C(=O)NCc1cccc(OCCOCCOCCOc2cccc(CNC(=O)C(C)Oc3ccc(Cl)cc3Cl)c2)c1. The minimum atomic E-state index is -0.754. The van der Waals surface area contributed by atoms with Crippen molar-refractivity contribution in [2.75, 3.05) is 39.6 Å². The van der Waals surface area contributed by atoms with Crippen molar-refractivity contribution >= 4 is 58.2 Å². The molecule has 2 N–H and O–H groups in total. The molecule has 278 valence electrons. The summed E-state index contributed by atoms with van der Waals surface area (Å²) in [7, 11) is 0. The van der Waals surface area contributed by atoms with E-state index < -0.39 is 12.2 Å². The Morgan fingerprint density at radius 2 is 0.962 bits per heavy atom. The summed E-state index contributed by atoms with van der Waals surface area (Å²) in [6.07, 6.45) is -1.51. The first-order chi connectivity index (χ1) is 25.1. The Bertz CT molecular complexity index is 1640. The molecule has 2 amide bonds. The number of amides is 2. The van der Waals surface area contributed by atoms with Crippen LogP contribution in [0.25, 0.3) is 0 Å². The highest BCUT2D eigenvalue weighted by atomic mass is 35.5. The smallest absolute Gasteiger partial charge is 0.261 e. The Morgan fingerprint density at radius 1 is 0.558 bits per heavy atom. The number of carbonyl (C=O) groups is 2. The Labute approximate surface area is 323 Å². The number of hydrogen-bond donors (Lipinski definition) is 2. The zero-order chi connectivity index (χ0) is 37.3. The van der Waals surface area contributed by atoms with Crippen LogP contribution in [0.15, 0.2) is 84.9 Å². The van der Waals surface area contributed by atoms with E-state index in [0.717, 1.165) is 11.1 Å². The van der Waals surface area contributed by atoms with Gasteiger partial charge in [-0.05, 0) is 85.6 Å². The van der Waals surface area contributed by atoms with Gasteiger partial charge in [0.2, 0.25) is 0 Å². The minimum absolute atomic E-state index is 0.286. The van der Waals surface area contributed by atoms with E-state index in [1.807, 2.05) is 48.5 Å². The van der Waals surface area contributed by atoms with E-state index in [4.69, 9.17) is 74.8 Å². The molecule has 0 spiro atoms. The Hall–Kier alpha value is -3.90. The van der Waals surface area contributed by atoms with Crippen LogP contribution >= 0.6 is 46.4 Å². The van der Waals surface area contributed by atoms with Crippen molar-refractivity contribution in [2.24, 2.45) is 0 Å². The molecule has 0 aliphatic carbocycles. The Balaban J connectivity index is 1.03. The molecule has 52 heavy (non-hydrogen) atoms. The average Bonchev–Trinajstić information content (AvgIpc) is 3.13. The normalized spacial score (nSPS) is 12.0. The van der Waals surface area contributed by atoms with Crippen LogP contribution in [0.5, 0.6) is 23.0 Å². The van der Waals surface area contributed by atoms with Crippen molar-refractivity contribution in [3.8, 4) is 23.0 Å². The highest BCUT2D eigenvalue weighted by Crippen LogP contribution is 2.29. The summed E-state index contributed by atoms with van der Waals surface area (Å²) in [5.74, 6) is 1.52. The van der Waals surface area contributed by atoms with Gasteiger partial charge in [0.25, 0.3) is 11.8 Å². The van der Waals surface area contributed by atoms with Crippen LogP contribution in [0.4, 0.5) is 0 Å². The maximum Gasteiger partial charge on any atom is 0.261 e. The Kier molecular flexibility index (Phi) is 17.0. The quantitative estimate of drug-likeness (QED) is 0.0818. The van der Waals surface area contributed by atoms with Crippen LogP contribution in [0.3, 0.4) is 0 Å². The number of benzene rings is 4. The second-order valence-electron chi connectivity index (χ2n) is 11.3. The molecule has 0 aliphatic heterocycles. The monoisotopic (exact) mass is 792 g/mol. The molecular formula is C38H40Cl4N2O8. The van der Waals surface area contributed by atoms with E-state index in [-0.39, 0.29) is 11.8 Å². The molecular weight excluding hydrogens is 754 g/mol. The van der Waals surface area contributed by atoms with Gasteiger partial charge in [-0.25, -0.2) is 0 Å². The van der Waals surface area contributed by atoms with Crippen LogP contribution < -0.4 is 29.6 Å². The number of rotatable bonds is 21. The van der Waals surface area contributed by atoms with Gasteiger partial charge in [0.05, 0.1) is 36.5 Å². The van der Waals surface area contributed by atoms with Gasteiger partial charge < -0.3 is 39.1 Å².